The molecular formula is C17H23NO3. The average molecular weight is 289 g/mol. The van der Waals surface area contributed by atoms with Crippen molar-refractivity contribution in [3.8, 4) is 0 Å². The van der Waals surface area contributed by atoms with E-state index in [1.165, 1.54) is 37.7 Å². The van der Waals surface area contributed by atoms with E-state index in [1.807, 2.05) is 4.90 Å². The summed E-state index contributed by atoms with van der Waals surface area (Å²) in [5.41, 5.74) is 2.39. The van der Waals surface area contributed by atoms with Gasteiger partial charge < -0.3 is 14.7 Å². The van der Waals surface area contributed by atoms with Gasteiger partial charge in [-0.25, -0.2) is 0 Å². The van der Waals surface area contributed by atoms with Crippen molar-refractivity contribution in [2.75, 3.05) is 18.1 Å². The third kappa shape index (κ3) is 3.11. The van der Waals surface area contributed by atoms with Crippen LogP contribution in [-0.4, -0.2) is 36.9 Å². The van der Waals surface area contributed by atoms with Crippen LogP contribution in [0.4, 0.5) is 5.69 Å². The Labute approximate surface area is 125 Å². The lowest BCUT2D eigenvalue weighted by Crippen LogP contribution is -2.31. The minimum absolute atomic E-state index is 0.0546. The van der Waals surface area contributed by atoms with Crippen LogP contribution in [0.1, 0.15) is 43.6 Å². The molecule has 1 saturated heterocycles. The van der Waals surface area contributed by atoms with Crippen LogP contribution in [0.2, 0.25) is 0 Å². The number of rotatable bonds is 4. The maximum Gasteiger partial charge on any atom is 0.187 e. The van der Waals surface area contributed by atoms with Crippen molar-refractivity contribution in [3.63, 3.8) is 0 Å². The second-order valence-corrected chi connectivity index (χ2v) is 6.05. The summed E-state index contributed by atoms with van der Waals surface area (Å²) in [6.07, 6.45) is 6.54. The molecule has 2 fully saturated rings. The quantitative estimate of drug-likeness (QED) is 0.865. The standard InChI is InChI=1S/C17H23NO3/c19-11-16-10-18(17(12-20)21-16)15-8-6-14(7-9-15)13-4-2-1-3-5-13/h6-9,12-13,16-17,19H,1-5,10-11H2/t16-,17?/m1/s1. The van der Waals surface area contributed by atoms with Crippen LogP contribution in [-0.2, 0) is 9.53 Å². The summed E-state index contributed by atoms with van der Waals surface area (Å²) in [6, 6.07) is 8.51. The summed E-state index contributed by atoms with van der Waals surface area (Å²) in [6.45, 7) is 0.504. The molecule has 2 aliphatic rings. The fraction of sp³-hybridized carbons (Fsp3) is 0.588. The number of benzene rings is 1. The predicted octanol–water partition coefficient (Wildman–Crippen LogP) is 2.46. The van der Waals surface area contributed by atoms with E-state index in [2.05, 4.69) is 24.3 Å². The Balaban J connectivity index is 1.72. The van der Waals surface area contributed by atoms with E-state index in [0.29, 0.717) is 12.5 Å². The average Bonchev–Trinajstić information content (AvgIpc) is 2.99. The van der Waals surface area contributed by atoms with Crippen molar-refractivity contribution < 1.29 is 14.6 Å². The topological polar surface area (TPSA) is 49.8 Å². The van der Waals surface area contributed by atoms with Crippen LogP contribution in [0.15, 0.2) is 24.3 Å². The Hall–Kier alpha value is -1.39. The molecule has 1 N–H and O–H groups in total. The van der Waals surface area contributed by atoms with Gasteiger partial charge in [-0.3, -0.25) is 4.79 Å². The molecular weight excluding hydrogens is 266 g/mol. The van der Waals surface area contributed by atoms with Gasteiger partial charge in [-0.05, 0) is 36.5 Å². The molecule has 1 heterocycles. The first-order chi connectivity index (χ1) is 10.3. The first-order valence-corrected chi connectivity index (χ1v) is 7.90. The number of aldehydes is 1. The van der Waals surface area contributed by atoms with Crippen molar-refractivity contribution >= 4 is 12.0 Å². The largest absolute Gasteiger partial charge is 0.394 e. The number of hydrogen-bond donors (Lipinski definition) is 1. The minimum Gasteiger partial charge on any atom is -0.394 e. The summed E-state index contributed by atoms with van der Waals surface area (Å²) in [4.78, 5) is 13.0. The molecule has 4 nitrogen and oxygen atoms in total. The van der Waals surface area contributed by atoms with Crippen molar-refractivity contribution in [1.82, 2.24) is 0 Å². The molecule has 0 spiro atoms. The number of aliphatic hydroxyl groups excluding tert-OH is 1. The number of nitrogens with zero attached hydrogens (tertiary/aromatic N) is 1. The summed E-state index contributed by atoms with van der Waals surface area (Å²) in [5, 5.41) is 9.19. The summed E-state index contributed by atoms with van der Waals surface area (Å²) < 4.78 is 5.48. The number of ether oxygens (including phenoxy) is 1. The van der Waals surface area contributed by atoms with Crippen LogP contribution in [0.3, 0.4) is 0 Å². The van der Waals surface area contributed by atoms with Gasteiger partial charge in [-0.2, -0.15) is 0 Å². The zero-order valence-corrected chi connectivity index (χ0v) is 12.3. The zero-order chi connectivity index (χ0) is 14.7. The maximum atomic E-state index is 11.1. The van der Waals surface area contributed by atoms with E-state index in [-0.39, 0.29) is 12.7 Å². The summed E-state index contributed by atoms with van der Waals surface area (Å²) in [5.74, 6) is 0.690. The SMILES string of the molecule is O=CC1O[C@@H](CO)CN1c1ccc(C2CCCCC2)cc1. The van der Waals surface area contributed by atoms with Crippen LogP contribution >= 0.6 is 0 Å². The normalized spacial score (nSPS) is 27.0. The van der Waals surface area contributed by atoms with Crippen LogP contribution in [0.25, 0.3) is 0 Å². The highest BCUT2D eigenvalue weighted by Crippen LogP contribution is 2.34. The molecule has 2 atom stereocenters. The maximum absolute atomic E-state index is 11.1. The Morgan fingerprint density at radius 2 is 1.90 bits per heavy atom. The molecule has 1 aliphatic heterocycles. The molecule has 0 radical (unpaired) electrons. The monoisotopic (exact) mass is 289 g/mol. The lowest BCUT2D eigenvalue weighted by atomic mass is 9.84. The van der Waals surface area contributed by atoms with Gasteiger partial charge in [0.2, 0.25) is 0 Å². The fourth-order valence-electron chi connectivity index (χ4n) is 3.47. The van der Waals surface area contributed by atoms with E-state index < -0.39 is 6.23 Å². The lowest BCUT2D eigenvalue weighted by Gasteiger charge is -2.24. The van der Waals surface area contributed by atoms with Gasteiger partial charge >= 0.3 is 0 Å². The number of anilines is 1. The smallest absolute Gasteiger partial charge is 0.187 e. The van der Waals surface area contributed by atoms with E-state index in [9.17, 15) is 9.90 Å². The highest BCUT2D eigenvalue weighted by molar-refractivity contribution is 5.65. The van der Waals surface area contributed by atoms with Crippen molar-refractivity contribution in [2.24, 2.45) is 0 Å². The lowest BCUT2D eigenvalue weighted by molar-refractivity contribution is -0.117. The molecule has 1 aromatic carbocycles. The number of carbonyl (C=O) groups excluding carboxylic acids is 1. The van der Waals surface area contributed by atoms with Gasteiger partial charge in [0.15, 0.2) is 12.5 Å². The number of hydrogen-bond acceptors (Lipinski definition) is 4. The van der Waals surface area contributed by atoms with Crippen LogP contribution < -0.4 is 4.90 Å². The Morgan fingerprint density at radius 1 is 1.19 bits per heavy atom. The van der Waals surface area contributed by atoms with E-state index in [1.54, 1.807) is 0 Å². The molecule has 0 aromatic heterocycles. The molecule has 1 unspecified atom stereocenters. The molecule has 1 aliphatic carbocycles. The van der Waals surface area contributed by atoms with E-state index in [0.717, 1.165) is 12.0 Å². The third-order valence-corrected chi connectivity index (χ3v) is 4.66. The third-order valence-electron chi connectivity index (χ3n) is 4.66. The van der Waals surface area contributed by atoms with Crippen molar-refractivity contribution in [1.29, 1.82) is 0 Å². The second kappa shape index (κ2) is 6.58. The molecule has 114 valence electrons. The van der Waals surface area contributed by atoms with Crippen LogP contribution in [0.5, 0.6) is 0 Å². The molecule has 0 bridgehead atoms. The highest BCUT2D eigenvalue weighted by Gasteiger charge is 2.32. The minimum atomic E-state index is -0.581. The zero-order valence-electron chi connectivity index (χ0n) is 12.3. The Bertz CT molecular complexity index is 467. The molecule has 3 rings (SSSR count). The summed E-state index contributed by atoms with van der Waals surface area (Å²) in [7, 11) is 0. The van der Waals surface area contributed by atoms with Gasteiger partial charge in [0, 0.05) is 12.2 Å². The van der Waals surface area contributed by atoms with Gasteiger partial charge in [-0.1, -0.05) is 31.4 Å². The molecule has 1 saturated carbocycles. The molecule has 0 amide bonds. The van der Waals surface area contributed by atoms with Crippen molar-refractivity contribution in [2.45, 2.75) is 50.4 Å². The Kier molecular flexibility index (Phi) is 4.56. The van der Waals surface area contributed by atoms with E-state index in [4.69, 9.17) is 4.74 Å². The predicted molar refractivity (Wildman–Crippen MR) is 81.4 cm³/mol. The van der Waals surface area contributed by atoms with Gasteiger partial charge in [-0.15, -0.1) is 0 Å². The van der Waals surface area contributed by atoms with Crippen molar-refractivity contribution in [3.05, 3.63) is 29.8 Å². The van der Waals surface area contributed by atoms with Gasteiger partial charge in [0.1, 0.15) is 6.10 Å². The number of aliphatic hydroxyl groups is 1. The molecule has 21 heavy (non-hydrogen) atoms. The Morgan fingerprint density at radius 3 is 2.52 bits per heavy atom. The fourth-order valence-corrected chi connectivity index (χ4v) is 3.47. The second-order valence-electron chi connectivity index (χ2n) is 6.05. The summed E-state index contributed by atoms with van der Waals surface area (Å²) >= 11 is 0. The highest BCUT2D eigenvalue weighted by atomic mass is 16.5. The van der Waals surface area contributed by atoms with Gasteiger partial charge in [0.05, 0.1) is 6.61 Å². The number of carbonyl (C=O) groups is 1. The molecule has 4 heteroatoms. The van der Waals surface area contributed by atoms with Crippen LogP contribution in [0, 0.1) is 0 Å². The first kappa shape index (κ1) is 14.5. The van der Waals surface area contributed by atoms with Gasteiger partial charge in [0.25, 0.3) is 0 Å². The first-order valence-electron chi connectivity index (χ1n) is 7.90. The van der Waals surface area contributed by atoms with E-state index >= 15 is 0 Å². The molecule has 1 aromatic rings.